The molecule has 1 aliphatic heterocycles. The summed E-state index contributed by atoms with van der Waals surface area (Å²) < 4.78 is 0. The Morgan fingerprint density at radius 2 is 1.68 bits per heavy atom. The Hall–Kier alpha value is -2.12. The molecule has 0 bridgehead atoms. The number of rotatable bonds is 6. The monoisotopic (exact) mass is 443 g/mol. The summed E-state index contributed by atoms with van der Waals surface area (Å²) in [5.41, 5.74) is 1.92. The molecule has 1 aromatic heterocycles. The minimum atomic E-state index is 0.420. The molecule has 2 heterocycles. The van der Waals surface area contributed by atoms with E-state index in [2.05, 4.69) is 27.9 Å². The fourth-order valence-electron chi connectivity index (χ4n) is 4.41. The lowest BCUT2D eigenvalue weighted by Gasteiger charge is -2.32. The molecule has 0 spiro atoms. The lowest BCUT2D eigenvalue weighted by atomic mass is 10.1. The van der Waals surface area contributed by atoms with Gasteiger partial charge in [0.05, 0.1) is 0 Å². The summed E-state index contributed by atoms with van der Waals surface area (Å²) in [6.45, 7) is 4.05. The standard InChI is InChI=1S/C23H34ClN7/c1-16-9-10-18(15-20(16)24)27-22-28-21(26-17-7-5-3-4-6-8-17)29-23(30-22)31(2)19-11-13-25-14-12-19/h9-10,15,17,19,25H,3-8,11-14H2,1-2H3,(H2,26,27,28,29,30). The van der Waals surface area contributed by atoms with Crippen molar-refractivity contribution in [3.05, 3.63) is 28.8 Å². The van der Waals surface area contributed by atoms with E-state index in [4.69, 9.17) is 26.6 Å². The van der Waals surface area contributed by atoms with Gasteiger partial charge in [-0.1, -0.05) is 43.4 Å². The minimum absolute atomic E-state index is 0.420. The minimum Gasteiger partial charge on any atom is -0.351 e. The first kappa shape index (κ1) is 22.1. The van der Waals surface area contributed by atoms with Crippen molar-refractivity contribution in [2.24, 2.45) is 0 Å². The van der Waals surface area contributed by atoms with Gasteiger partial charge in [-0.3, -0.25) is 0 Å². The van der Waals surface area contributed by atoms with E-state index < -0.39 is 0 Å². The van der Waals surface area contributed by atoms with Gasteiger partial charge in [0.1, 0.15) is 0 Å². The molecule has 7 nitrogen and oxygen atoms in total. The Balaban J connectivity index is 1.59. The van der Waals surface area contributed by atoms with E-state index in [0.29, 0.717) is 29.9 Å². The van der Waals surface area contributed by atoms with Crippen molar-refractivity contribution in [2.75, 3.05) is 35.7 Å². The molecule has 1 saturated heterocycles. The third-order valence-corrected chi connectivity index (χ3v) is 6.82. The van der Waals surface area contributed by atoms with Crippen LogP contribution in [0.4, 0.5) is 23.5 Å². The van der Waals surface area contributed by atoms with Gasteiger partial charge in [-0.15, -0.1) is 0 Å². The SMILES string of the molecule is Cc1ccc(Nc2nc(NC3CCCCCC3)nc(N(C)C3CCNCC3)n2)cc1Cl. The Bertz CT molecular complexity index is 861. The maximum absolute atomic E-state index is 6.32. The lowest BCUT2D eigenvalue weighted by Crippen LogP contribution is -2.42. The molecule has 0 atom stereocenters. The number of aryl methyl sites for hydroxylation is 1. The summed E-state index contributed by atoms with van der Waals surface area (Å²) in [6.07, 6.45) is 9.67. The van der Waals surface area contributed by atoms with Crippen LogP contribution < -0.4 is 20.9 Å². The second-order valence-corrected chi connectivity index (χ2v) is 9.20. The number of hydrogen-bond donors (Lipinski definition) is 3. The summed E-state index contributed by atoms with van der Waals surface area (Å²) in [5.74, 6) is 1.90. The lowest BCUT2D eigenvalue weighted by molar-refractivity contribution is 0.439. The number of nitrogens with zero attached hydrogens (tertiary/aromatic N) is 4. The highest BCUT2D eigenvalue weighted by Crippen LogP contribution is 2.25. The molecule has 2 aliphatic rings. The zero-order valence-corrected chi connectivity index (χ0v) is 19.4. The van der Waals surface area contributed by atoms with E-state index in [1.165, 1.54) is 38.5 Å². The van der Waals surface area contributed by atoms with Crippen LogP contribution in [0.5, 0.6) is 0 Å². The first-order chi connectivity index (χ1) is 15.1. The molecule has 1 saturated carbocycles. The number of anilines is 4. The third-order valence-electron chi connectivity index (χ3n) is 6.41. The third kappa shape index (κ3) is 5.98. The zero-order valence-electron chi connectivity index (χ0n) is 18.6. The van der Waals surface area contributed by atoms with Gasteiger partial charge in [0.15, 0.2) is 0 Å². The molecule has 2 fully saturated rings. The smallest absolute Gasteiger partial charge is 0.233 e. The topological polar surface area (TPSA) is 78.0 Å². The predicted molar refractivity (Wildman–Crippen MR) is 129 cm³/mol. The van der Waals surface area contributed by atoms with Gasteiger partial charge < -0.3 is 20.9 Å². The Labute approximate surface area is 190 Å². The van der Waals surface area contributed by atoms with Gasteiger partial charge in [-0.05, 0) is 63.4 Å². The number of halogens is 1. The van der Waals surface area contributed by atoms with Gasteiger partial charge in [0.2, 0.25) is 17.8 Å². The van der Waals surface area contributed by atoms with Crippen LogP contribution in [-0.2, 0) is 0 Å². The average Bonchev–Trinajstić information content (AvgIpc) is 3.05. The second kappa shape index (κ2) is 10.5. The molecule has 0 unspecified atom stereocenters. The van der Waals surface area contributed by atoms with Crippen LogP contribution in [0, 0.1) is 6.92 Å². The molecule has 1 aromatic carbocycles. The van der Waals surface area contributed by atoms with Gasteiger partial charge in [0, 0.05) is 29.8 Å². The largest absolute Gasteiger partial charge is 0.351 e. The number of piperidine rings is 1. The highest BCUT2D eigenvalue weighted by molar-refractivity contribution is 6.31. The van der Waals surface area contributed by atoms with Crippen molar-refractivity contribution in [3.8, 4) is 0 Å². The van der Waals surface area contributed by atoms with Crippen molar-refractivity contribution in [2.45, 2.75) is 70.4 Å². The van der Waals surface area contributed by atoms with Crippen molar-refractivity contribution >= 4 is 35.1 Å². The Morgan fingerprint density at radius 1 is 0.968 bits per heavy atom. The summed E-state index contributed by atoms with van der Waals surface area (Å²) >= 11 is 6.32. The first-order valence-electron chi connectivity index (χ1n) is 11.6. The maximum Gasteiger partial charge on any atom is 0.233 e. The highest BCUT2D eigenvalue weighted by Gasteiger charge is 2.22. The second-order valence-electron chi connectivity index (χ2n) is 8.80. The van der Waals surface area contributed by atoms with E-state index >= 15 is 0 Å². The van der Waals surface area contributed by atoms with Crippen LogP contribution in [0.2, 0.25) is 5.02 Å². The molecule has 0 radical (unpaired) electrons. The van der Waals surface area contributed by atoms with Crippen molar-refractivity contribution in [3.63, 3.8) is 0 Å². The van der Waals surface area contributed by atoms with Crippen LogP contribution >= 0.6 is 11.6 Å². The van der Waals surface area contributed by atoms with Crippen LogP contribution in [-0.4, -0.2) is 47.2 Å². The maximum atomic E-state index is 6.32. The summed E-state index contributed by atoms with van der Waals surface area (Å²) in [5, 5.41) is 11.1. The first-order valence-corrected chi connectivity index (χ1v) is 12.0. The molecular formula is C23H34ClN7. The Morgan fingerprint density at radius 3 is 2.39 bits per heavy atom. The Kier molecular flexibility index (Phi) is 7.45. The fraction of sp³-hybridized carbons (Fsp3) is 0.609. The summed E-state index contributed by atoms with van der Waals surface area (Å²) in [4.78, 5) is 16.5. The van der Waals surface area contributed by atoms with Crippen molar-refractivity contribution in [1.82, 2.24) is 20.3 Å². The van der Waals surface area contributed by atoms with Gasteiger partial charge in [-0.2, -0.15) is 15.0 Å². The predicted octanol–water partition coefficient (Wildman–Crippen LogP) is 4.90. The fourth-order valence-corrected chi connectivity index (χ4v) is 4.59. The van der Waals surface area contributed by atoms with Gasteiger partial charge in [-0.25, -0.2) is 0 Å². The van der Waals surface area contributed by atoms with Crippen LogP contribution in [0.3, 0.4) is 0 Å². The van der Waals surface area contributed by atoms with Gasteiger partial charge >= 0.3 is 0 Å². The highest BCUT2D eigenvalue weighted by atomic mass is 35.5. The normalized spacial score (nSPS) is 18.4. The van der Waals surface area contributed by atoms with E-state index in [1.54, 1.807) is 0 Å². The van der Waals surface area contributed by atoms with E-state index in [9.17, 15) is 0 Å². The summed E-state index contributed by atoms with van der Waals surface area (Å²) in [7, 11) is 2.09. The number of benzene rings is 1. The van der Waals surface area contributed by atoms with E-state index in [1.807, 2.05) is 25.1 Å². The zero-order chi connectivity index (χ0) is 21.6. The molecular weight excluding hydrogens is 410 g/mol. The van der Waals surface area contributed by atoms with E-state index in [-0.39, 0.29) is 0 Å². The molecule has 1 aliphatic carbocycles. The molecule has 4 rings (SSSR count). The molecule has 0 amide bonds. The van der Waals surface area contributed by atoms with E-state index in [0.717, 1.165) is 42.2 Å². The molecule has 168 valence electrons. The summed E-state index contributed by atoms with van der Waals surface area (Å²) in [6, 6.07) is 6.76. The number of hydrogen-bond acceptors (Lipinski definition) is 7. The molecule has 3 N–H and O–H groups in total. The molecule has 31 heavy (non-hydrogen) atoms. The number of aromatic nitrogens is 3. The van der Waals surface area contributed by atoms with Crippen LogP contribution in [0.25, 0.3) is 0 Å². The average molecular weight is 444 g/mol. The quantitative estimate of drug-likeness (QED) is 0.548. The van der Waals surface area contributed by atoms with Crippen molar-refractivity contribution < 1.29 is 0 Å². The molecule has 2 aromatic rings. The van der Waals surface area contributed by atoms with Crippen molar-refractivity contribution in [1.29, 1.82) is 0 Å². The number of nitrogens with one attached hydrogen (secondary N) is 3. The van der Waals surface area contributed by atoms with Crippen LogP contribution in [0.1, 0.15) is 56.9 Å². The van der Waals surface area contributed by atoms with Crippen LogP contribution in [0.15, 0.2) is 18.2 Å². The van der Waals surface area contributed by atoms with Gasteiger partial charge in [0.25, 0.3) is 0 Å². The molecule has 8 heteroatoms.